The highest BCUT2D eigenvalue weighted by molar-refractivity contribution is 7.08. The minimum absolute atomic E-state index is 0.266. The molecule has 1 rings (SSSR count). The van der Waals surface area contributed by atoms with Crippen LogP contribution in [0.25, 0.3) is 0 Å². The van der Waals surface area contributed by atoms with Crippen molar-refractivity contribution in [2.45, 2.75) is 39.2 Å². The normalized spacial score (nSPS) is 13.9. The molecule has 1 heterocycles. The van der Waals surface area contributed by atoms with Crippen molar-refractivity contribution in [3.8, 4) is 6.07 Å². The van der Waals surface area contributed by atoms with Gasteiger partial charge in [-0.2, -0.15) is 5.26 Å². The third-order valence-electron chi connectivity index (χ3n) is 2.44. The van der Waals surface area contributed by atoms with Gasteiger partial charge >= 0.3 is 0 Å². The third kappa shape index (κ3) is 2.55. The fraction of sp³-hybridized carbons (Fsp3) is 0.600. The average Bonchev–Trinajstić information content (AvgIpc) is 2.76. The minimum atomic E-state index is -0.827. The van der Waals surface area contributed by atoms with Crippen LogP contribution in [0, 0.1) is 11.3 Å². The first-order valence-electron chi connectivity index (χ1n) is 5.11. The van der Waals surface area contributed by atoms with Gasteiger partial charge in [0, 0.05) is 0 Å². The molecule has 0 fully saturated rings. The van der Waals surface area contributed by atoms with Crippen molar-refractivity contribution in [1.29, 1.82) is 5.26 Å². The molecule has 0 aliphatic rings. The number of hydrogen-bond acceptors (Lipinski definition) is 5. The van der Waals surface area contributed by atoms with Gasteiger partial charge in [-0.3, -0.25) is 4.79 Å². The number of carbonyl (C=O) groups is 1. The van der Waals surface area contributed by atoms with Crippen LogP contribution in [0.5, 0.6) is 0 Å². The van der Waals surface area contributed by atoms with E-state index in [-0.39, 0.29) is 5.91 Å². The molecule has 0 saturated heterocycles. The molecule has 1 N–H and O–H groups in total. The zero-order valence-electron chi connectivity index (χ0n) is 9.57. The molecule has 1 aromatic heterocycles. The highest BCUT2D eigenvalue weighted by Gasteiger charge is 2.26. The van der Waals surface area contributed by atoms with Crippen molar-refractivity contribution in [3.05, 3.63) is 10.6 Å². The predicted octanol–water partition coefficient (Wildman–Crippen LogP) is 1.52. The Morgan fingerprint density at radius 1 is 1.62 bits per heavy atom. The molecule has 0 aromatic carbocycles. The fourth-order valence-corrected chi connectivity index (χ4v) is 1.76. The summed E-state index contributed by atoms with van der Waals surface area (Å²) in [5, 5.41) is 15.5. The van der Waals surface area contributed by atoms with E-state index in [1.165, 1.54) is 0 Å². The lowest BCUT2D eigenvalue weighted by Crippen LogP contribution is -2.44. The summed E-state index contributed by atoms with van der Waals surface area (Å²) in [5.41, 5.74) is -0.148. The zero-order valence-corrected chi connectivity index (χ0v) is 10.4. The molecule has 0 bridgehead atoms. The van der Waals surface area contributed by atoms with E-state index < -0.39 is 5.54 Å². The Morgan fingerprint density at radius 3 is 2.81 bits per heavy atom. The van der Waals surface area contributed by atoms with E-state index in [0.717, 1.165) is 11.5 Å². The van der Waals surface area contributed by atoms with Crippen molar-refractivity contribution in [1.82, 2.24) is 14.9 Å². The van der Waals surface area contributed by atoms with Gasteiger partial charge in [0.1, 0.15) is 10.4 Å². The summed E-state index contributed by atoms with van der Waals surface area (Å²) in [7, 11) is 0. The van der Waals surface area contributed by atoms with Crippen LogP contribution in [0.3, 0.4) is 0 Å². The molecule has 0 saturated carbocycles. The molecule has 5 nitrogen and oxygen atoms in total. The number of carbonyl (C=O) groups excluding carboxylic acids is 1. The Bertz CT molecular complexity index is 423. The Balaban J connectivity index is 2.85. The lowest BCUT2D eigenvalue weighted by Gasteiger charge is -2.20. The first-order chi connectivity index (χ1) is 7.56. The second-order valence-electron chi connectivity index (χ2n) is 3.65. The van der Waals surface area contributed by atoms with Gasteiger partial charge < -0.3 is 5.32 Å². The molecular weight excluding hydrogens is 224 g/mol. The monoisotopic (exact) mass is 238 g/mol. The van der Waals surface area contributed by atoms with Crippen LogP contribution in [0.4, 0.5) is 0 Å². The maximum Gasteiger partial charge on any atom is 0.266 e. The molecule has 1 amide bonds. The van der Waals surface area contributed by atoms with Gasteiger partial charge in [-0.15, -0.1) is 5.10 Å². The second kappa shape index (κ2) is 5.03. The van der Waals surface area contributed by atoms with Gasteiger partial charge in [-0.05, 0) is 31.3 Å². The number of aromatic nitrogens is 2. The maximum atomic E-state index is 11.9. The van der Waals surface area contributed by atoms with E-state index in [9.17, 15) is 4.79 Å². The van der Waals surface area contributed by atoms with Crippen molar-refractivity contribution in [2.24, 2.45) is 0 Å². The van der Waals surface area contributed by atoms with Crippen LogP contribution in [0.1, 0.15) is 42.6 Å². The molecule has 16 heavy (non-hydrogen) atoms. The van der Waals surface area contributed by atoms with Gasteiger partial charge in [-0.25, -0.2) is 0 Å². The Kier molecular flexibility index (Phi) is 3.96. The van der Waals surface area contributed by atoms with E-state index >= 15 is 0 Å². The quantitative estimate of drug-likeness (QED) is 0.862. The van der Waals surface area contributed by atoms with Gasteiger partial charge in [0.15, 0.2) is 0 Å². The van der Waals surface area contributed by atoms with E-state index in [0.29, 0.717) is 23.4 Å². The average molecular weight is 238 g/mol. The summed E-state index contributed by atoms with van der Waals surface area (Å²) in [6.07, 6.45) is 1.22. The smallest absolute Gasteiger partial charge is 0.266 e. The Morgan fingerprint density at radius 2 is 2.31 bits per heavy atom. The number of nitrogens with one attached hydrogen (secondary N) is 1. The summed E-state index contributed by atoms with van der Waals surface area (Å²) in [6.45, 7) is 5.47. The lowest BCUT2D eigenvalue weighted by molar-refractivity contribution is 0.0926. The number of hydrogen-bond donors (Lipinski definition) is 1. The maximum absolute atomic E-state index is 11.9. The molecule has 1 aromatic rings. The zero-order chi connectivity index (χ0) is 12.2. The number of amides is 1. The lowest BCUT2D eigenvalue weighted by atomic mass is 10.0. The van der Waals surface area contributed by atoms with Crippen LogP contribution < -0.4 is 5.32 Å². The fourth-order valence-electron chi connectivity index (χ4n) is 1.12. The topological polar surface area (TPSA) is 78.7 Å². The van der Waals surface area contributed by atoms with Crippen LogP contribution in [-0.4, -0.2) is 21.0 Å². The van der Waals surface area contributed by atoms with Crippen LogP contribution >= 0.6 is 11.5 Å². The second-order valence-corrected chi connectivity index (χ2v) is 4.41. The molecular formula is C10H14N4OS. The van der Waals surface area contributed by atoms with Gasteiger partial charge in [0.2, 0.25) is 0 Å². The van der Waals surface area contributed by atoms with E-state index in [1.807, 2.05) is 13.8 Å². The largest absolute Gasteiger partial charge is 0.333 e. The number of rotatable bonds is 4. The highest BCUT2D eigenvalue weighted by atomic mass is 32.1. The van der Waals surface area contributed by atoms with Crippen molar-refractivity contribution >= 4 is 17.4 Å². The first kappa shape index (κ1) is 12.6. The van der Waals surface area contributed by atoms with Crippen molar-refractivity contribution in [3.63, 3.8) is 0 Å². The summed E-state index contributed by atoms with van der Waals surface area (Å²) in [5.74, 6) is -0.266. The predicted molar refractivity (Wildman–Crippen MR) is 61.1 cm³/mol. The molecule has 6 heteroatoms. The van der Waals surface area contributed by atoms with E-state index in [4.69, 9.17) is 5.26 Å². The molecule has 0 aliphatic carbocycles. The highest BCUT2D eigenvalue weighted by Crippen LogP contribution is 2.14. The number of nitriles is 1. The molecule has 1 atom stereocenters. The molecule has 1 unspecified atom stereocenters. The Labute approximate surface area is 98.6 Å². The van der Waals surface area contributed by atoms with E-state index in [1.54, 1.807) is 6.92 Å². The SMILES string of the molecule is CCc1nnsc1C(=O)NC(C)(C#N)CC. The third-order valence-corrected chi connectivity index (χ3v) is 3.21. The molecule has 0 radical (unpaired) electrons. The summed E-state index contributed by atoms with van der Waals surface area (Å²) < 4.78 is 3.74. The van der Waals surface area contributed by atoms with Crippen LogP contribution in [0.2, 0.25) is 0 Å². The number of nitrogens with zero attached hydrogens (tertiary/aromatic N) is 3. The van der Waals surface area contributed by atoms with Crippen molar-refractivity contribution < 1.29 is 4.79 Å². The van der Waals surface area contributed by atoms with Crippen molar-refractivity contribution in [2.75, 3.05) is 0 Å². The summed E-state index contributed by atoms with van der Waals surface area (Å²) in [4.78, 5) is 12.4. The summed E-state index contributed by atoms with van der Waals surface area (Å²) in [6, 6.07) is 2.09. The Hall–Kier alpha value is -1.48. The first-order valence-corrected chi connectivity index (χ1v) is 5.88. The van der Waals surface area contributed by atoms with Crippen LogP contribution in [-0.2, 0) is 6.42 Å². The van der Waals surface area contributed by atoms with Gasteiger partial charge in [0.25, 0.3) is 5.91 Å². The van der Waals surface area contributed by atoms with Crippen LogP contribution in [0.15, 0.2) is 0 Å². The number of aryl methyl sites for hydroxylation is 1. The van der Waals surface area contributed by atoms with Gasteiger partial charge in [-0.1, -0.05) is 18.3 Å². The standard InChI is InChI=1S/C10H14N4OS/c1-4-7-8(16-14-13-7)9(15)12-10(3,5-2)6-11/h4-5H2,1-3H3,(H,12,15). The summed E-state index contributed by atoms with van der Waals surface area (Å²) >= 11 is 1.06. The molecule has 86 valence electrons. The van der Waals surface area contributed by atoms with E-state index in [2.05, 4.69) is 21.0 Å². The molecule has 0 spiro atoms. The van der Waals surface area contributed by atoms with Gasteiger partial charge in [0.05, 0.1) is 11.8 Å². The molecule has 0 aliphatic heterocycles. The minimum Gasteiger partial charge on any atom is -0.333 e.